The van der Waals surface area contributed by atoms with Crippen molar-refractivity contribution >= 4 is 23.2 Å². The number of anilines is 2. The van der Waals surface area contributed by atoms with Gasteiger partial charge in [-0.3, -0.25) is 14.4 Å². The lowest BCUT2D eigenvalue weighted by atomic mass is 9.83. The van der Waals surface area contributed by atoms with Crippen molar-refractivity contribution < 1.29 is 9.59 Å². The van der Waals surface area contributed by atoms with Crippen molar-refractivity contribution in [1.82, 2.24) is 9.47 Å². The van der Waals surface area contributed by atoms with Gasteiger partial charge in [-0.1, -0.05) is 19.3 Å². The monoisotopic (exact) mass is 462 g/mol. The highest BCUT2D eigenvalue weighted by molar-refractivity contribution is 5.95. The Bertz CT molecular complexity index is 1130. The Balaban J connectivity index is 1.32. The van der Waals surface area contributed by atoms with Crippen molar-refractivity contribution in [3.63, 3.8) is 0 Å². The van der Waals surface area contributed by atoms with E-state index in [-0.39, 0.29) is 35.1 Å². The topological polar surface area (TPSA) is 74.7 Å². The maximum atomic E-state index is 13.3. The van der Waals surface area contributed by atoms with Crippen molar-refractivity contribution in [2.24, 2.45) is 11.8 Å². The maximum Gasteiger partial charge on any atom is 0.274 e. The normalized spacial score (nSPS) is 22.1. The van der Waals surface area contributed by atoms with Crippen LogP contribution in [0.15, 0.2) is 41.2 Å². The number of aromatic nitrogens is 1. The molecule has 5 rings (SSSR count). The molecular formula is C27H34N4O3. The molecule has 0 spiro atoms. The Hall–Kier alpha value is -3.09. The van der Waals surface area contributed by atoms with Crippen molar-refractivity contribution in [3.8, 4) is 0 Å². The van der Waals surface area contributed by atoms with E-state index in [0.717, 1.165) is 43.5 Å². The van der Waals surface area contributed by atoms with Crippen LogP contribution in [0.25, 0.3) is 0 Å². The SMILES string of the molecule is CN(C)c1ccc(C(=O)N2CC3CC(C2)c2ccc(NC(=O)C4CCCCC4)c(=O)n2C3)cc1. The first-order chi connectivity index (χ1) is 16.4. The highest BCUT2D eigenvalue weighted by Gasteiger charge is 2.37. The van der Waals surface area contributed by atoms with Gasteiger partial charge in [0.25, 0.3) is 11.5 Å². The fourth-order valence-corrected chi connectivity index (χ4v) is 5.89. The third-order valence-electron chi connectivity index (χ3n) is 7.76. The molecule has 7 heteroatoms. The Labute approximate surface area is 200 Å². The fraction of sp³-hybridized carbons (Fsp3) is 0.519. The lowest BCUT2D eigenvalue weighted by molar-refractivity contribution is -0.120. The zero-order valence-electron chi connectivity index (χ0n) is 20.1. The van der Waals surface area contributed by atoms with Gasteiger partial charge in [0, 0.05) is 62.5 Å². The number of likely N-dealkylation sites (tertiary alicyclic amines) is 1. The number of hydrogen-bond donors (Lipinski definition) is 1. The van der Waals surface area contributed by atoms with E-state index in [9.17, 15) is 14.4 Å². The second-order valence-corrected chi connectivity index (χ2v) is 10.4. The highest BCUT2D eigenvalue weighted by atomic mass is 16.2. The van der Waals surface area contributed by atoms with Gasteiger partial charge in [0.05, 0.1) is 0 Å². The van der Waals surface area contributed by atoms with E-state index in [1.54, 1.807) is 6.07 Å². The van der Waals surface area contributed by atoms with E-state index < -0.39 is 0 Å². The third-order valence-corrected chi connectivity index (χ3v) is 7.76. The second-order valence-electron chi connectivity index (χ2n) is 10.4. The van der Waals surface area contributed by atoms with Gasteiger partial charge >= 0.3 is 0 Å². The highest BCUT2D eigenvalue weighted by Crippen LogP contribution is 2.36. The zero-order valence-corrected chi connectivity index (χ0v) is 20.1. The zero-order chi connectivity index (χ0) is 23.8. The number of nitrogens with one attached hydrogen (secondary N) is 1. The number of carbonyl (C=O) groups is 2. The largest absolute Gasteiger partial charge is 0.378 e. The second kappa shape index (κ2) is 9.28. The van der Waals surface area contributed by atoms with E-state index in [1.165, 1.54) is 6.42 Å². The molecule has 1 saturated heterocycles. The number of amides is 2. The van der Waals surface area contributed by atoms with Crippen LogP contribution < -0.4 is 15.8 Å². The van der Waals surface area contributed by atoms with Crippen LogP contribution in [0, 0.1) is 11.8 Å². The molecule has 34 heavy (non-hydrogen) atoms. The average molecular weight is 463 g/mol. The van der Waals surface area contributed by atoms with E-state index in [1.807, 2.05) is 58.8 Å². The van der Waals surface area contributed by atoms with Crippen LogP contribution in [0.1, 0.15) is 60.5 Å². The van der Waals surface area contributed by atoms with E-state index in [4.69, 9.17) is 0 Å². The number of hydrogen-bond acceptors (Lipinski definition) is 4. The van der Waals surface area contributed by atoms with Crippen molar-refractivity contribution in [2.45, 2.75) is 51.0 Å². The Morgan fingerprint density at radius 2 is 1.68 bits per heavy atom. The third kappa shape index (κ3) is 4.36. The standard InChI is InChI=1S/C27H34N4O3/c1-29(2)22-10-8-20(9-11-22)26(33)30-15-18-14-21(17-30)24-13-12-23(27(34)31(24)16-18)28-25(32)19-6-4-3-5-7-19/h8-13,18-19,21H,3-7,14-17H2,1-2H3,(H,28,32). The smallest absolute Gasteiger partial charge is 0.274 e. The average Bonchev–Trinajstić information content (AvgIpc) is 2.86. The number of fused-ring (bicyclic) bond motifs is 4. The number of nitrogens with zero attached hydrogens (tertiary/aromatic N) is 3. The molecule has 1 aromatic heterocycles. The first-order valence-electron chi connectivity index (χ1n) is 12.5. The van der Waals surface area contributed by atoms with Crippen LogP contribution in [0.5, 0.6) is 0 Å². The molecule has 3 aliphatic rings. The first-order valence-corrected chi connectivity index (χ1v) is 12.5. The minimum Gasteiger partial charge on any atom is -0.378 e. The number of benzene rings is 1. The molecule has 2 atom stereocenters. The molecule has 2 fully saturated rings. The summed E-state index contributed by atoms with van der Waals surface area (Å²) in [6.07, 6.45) is 6.15. The maximum absolute atomic E-state index is 13.3. The summed E-state index contributed by atoms with van der Waals surface area (Å²) in [4.78, 5) is 43.1. The first kappa shape index (κ1) is 22.7. The molecule has 2 unspecified atom stereocenters. The van der Waals surface area contributed by atoms with Gasteiger partial charge in [0.1, 0.15) is 5.69 Å². The number of rotatable bonds is 4. The van der Waals surface area contributed by atoms with Gasteiger partial charge in [-0.05, 0) is 61.6 Å². The Morgan fingerprint density at radius 1 is 0.941 bits per heavy atom. The lowest BCUT2D eigenvalue weighted by Crippen LogP contribution is -2.49. The summed E-state index contributed by atoms with van der Waals surface area (Å²) in [6.45, 7) is 1.84. The summed E-state index contributed by atoms with van der Waals surface area (Å²) < 4.78 is 1.84. The minimum absolute atomic E-state index is 0.0138. The van der Waals surface area contributed by atoms with Crippen molar-refractivity contribution in [1.29, 1.82) is 0 Å². The fourth-order valence-electron chi connectivity index (χ4n) is 5.89. The summed E-state index contributed by atoms with van der Waals surface area (Å²) in [5.41, 5.74) is 3.00. The summed E-state index contributed by atoms with van der Waals surface area (Å²) >= 11 is 0. The quantitative estimate of drug-likeness (QED) is 0.752. The lowest BCUT2D eigenvalue weighted by Gasteiger charge is -2.43. The number of carbonyl (C=O) groups excluding carboxylic acids is 2. The molecule has 1 aromatic carbocycles. The molecule has 1 aliphatic carbocycles. The van der Waals surface area contributed by atoms with Gasteiger partial charge in [-0.2, -0.15) is 0 Å². The predicted molar refractivity (Wildman–Crippen MR) is 133 cm³/mol. The van der Waals surface area contributed by atoms with Crippen LogP contribution in [-0.4, -0.2) is 48.5 Å². The summed E-state index contributed by atoms with van der Waals surface area (Å²) in [6, 6.07) is 11.4. The molecule has 2 aliphatic heterocycles. The Kier molecular flexibility index (Phi) is 6.19. The summed E-state index contributed by atoms with van der Waals surface area (Å²) in [7, 11) is 3.96. The van der Waals surface area contributed by atoms with Crippen molar-refractivity contribution in [2.75, 3.05) is 37.4 Å². The van der Waals surface area contributed by atoms with Crippen LogP contribution in [0.2, 0.25) is 0 Å². The van der Waals surface area contributed by atoms with Gasteiger partial charge in [0.2, 0.25) is 5.91 Å². The summed E-state index contributed by atoms with van der Waals surface area (Å²) in [5.74, 6) is 0.407. The van der Waals surface area contributed by atoms with Gasteiger partial charge < -0.3 is 19.7 Å². The van der Waals surface area contributed by atoms with Crippen LogP contribution in [0.3, 0.4) is 0 Å². The molecular weight excluding hydrogens is 428 g/mol. The molecule has 180 valence electrons. The van der Waals surface area contributed by atoms with E-state index >= 15 is 0 Å². The van der Waals surface area contributed by atoms with Gasteiger partial charge in [0.15, 0.2) is 0 Å². The summed E-state index contributed by atoms with van der Waals surface area (Å²) in [5, 5.41) is 2.92. The molecule has 2 aromatic rings. The Morgan fingerprint density at radius 3 is 2.38 bits per heavy atom. The van der Waals surface area contributed by atoms with Gasteiger partial charge in [-0.25, -0.2) is 0 Å². The van der Waals surface area contributed by atoms with Crippen LogP contribution >= 0.6 is 0 Å². The molecule has 0 radical (unpaired) electrons. The van der Waals surface area contributed by atoms with Crippen LogP contribution in [0.4, 0.5) is 11.4 Å². The van der Waals surface area contributed by atoms with E-state index in [2.05, 4.69) is 5.32 Å². The molecule has 2 bridgehead atoms. The number of piperidine rings is 1. The van der Waals surface area contributed by atoms with Gasteiger partial charge in [-0.15, -0.1) is 0 Å². The molecule has 7 nitrogen and oxygen atoms in total. The predicted octanol–water partition coefficient (Wildman–Crippen LogP) is 3.69. The van der Waals surface area contributed by atoms with Crippen LogP contribution in [-0.2, 0) is 11.3 Å². The molecule has 3 heterocycles. The molecule has 1 saturated carbocycles. The molecule has 1 N–H and O–H groups in total. The number of pyridine rings is 1. The molecule has 2 amide bonds. The van der Waals surface area contributed by atoms with E-state index in [0.29, 0.717) is 30.9 Å². The van der Waals surface area contributed by atoms with Crippen molar-refractivity contribution in [3.05, 3.63) is 58.0 Å². The minimum atomic E-state index is -0.115.